The summed E-state index contributed by atoms with van der Waals surface area (Å²) in [4.78, 5) is 6.63. The molecule has 6 nitrogen and oxygen atoms in total. The molecule has 2 aromatic heterocycles. The largest absolute Gasteiger partial charge is 0.362 e. The van der Waals surface area contributed by atoms with Crippen LogP contribution >= 0.6 is 0 Å². The molecular weight excluding hydrogens is 264 g/mol. The number of hydrogen-bond acceptors (Lipinski definition) is 5. The van der Waals surface area contributed by atoms with Gasteiger partial charge in [-0.15, -0.1) is 10.2 Å². The highest BCUT2D eigenvalue weighted by Gasteiger charge is 2.19. The van der Waals surface area contributed by atoms with Crippen molar-refractivity contribution in [1.82, 2.24) is 25.1 Å². The van der Waals surface area contributed by atoms with Crippen molar-refractivity contribution in [2.75, 3.05) is 18.0 Å². The lowest BCUT2D eigenvalue weighted by molar-refractivity contribution is 0.543. The van der Waals surface area contributed by atoms with Gasteiger partial charge < -0.3 is 14.8 Å². The molecule has 0 fully saturated rings. The fourth-order valence-corrected chi connectivity index (χ4v) is 2.63. The van der Waals surface area contributed by atoms with E-state index in [9.17, 15) is 0 Å². The lowest BCUT2D eigenvalue weighted by Gasteiger charge is -2.30. The number of nitrogens with one attached hydrogen (secondary N) is 1. The monoisotopic (exact) mass is 286 g/mol. The minimum absolute atomic E-state index is 0.652. The average Bonchev–Trinajstić information content (AvgIpc) is 2.95. The van der Waals surface area contributed by atoms with Gasteiger partial charge in [-0.05, 0) is 18.5 Å². The van der Waals surface area contributed by atoms with Gasteiger partial charge in [-0.1, -0.05) is 13.8 Å². The summed E-state index contributed by atoms with van der Waals surface area (Å²) < 4.78 is 2.12. The Morgan fingerprint density at radius 1 is 1.33 bits per heavy atom. The summed E-state index contributed by atoms with van der Waals surface area (Å²) >= 11 is 0. The van der Waals surface area contributed by atoms with E-state index in [2.05, 4.69) is 49.9 Å². The van der Waals surface area contributed by atoms with Crippen LogP contribution in [0.15, 0.2) is 24.8 Å². The molecule has 0 spiro atoms. The van der Waals surface area contributed by atoms with E-state index >= 15 is 0 Å². The summed E-state index contributed by atoms with van der Waals surface area (Å²) in [6.45, 7) is 9.02. The van der Waals surface area contributed by atoms with E-state index in [-0.39, 0.29) is 0 Å². The molecule has 0 aromatic carbocycles. The van der Waals surface area contributed by atoms with Crippen LogP contribution in [0.4, 0.5) is 5.69 Å². The first-order valence-electron chi connectivity index (χ1n) is 7.49. The molecule has 0 saturated carbocycles. The molecule has 1 N–H and O–H groups in total. The highest BCUT2D eigenvalue weighted by atomic mass is 15.3. The van der Waals surface area contributed by atoms with Crippen molar-refractivity contribution in [3.8, 4) is 0 Å². The van der Waals surface area contributed by atoms with Crippen molar-refractivity contribution in [3.63, 3.8) is 0 Å². The maximum atomic E-state index is 4.27. The number of aromatic nitrogens is 4. The lowest BCUT2D eigenvalue weighted by Crippen LogP contribution is -2.34. The molecule has 2 aromatic rings. The van der Waals surface area contributed by atoms with Crippen molar-refractivity contribution in [1.29, 1.82) is 0 Å². The minimum atomic E-state index is 0.652. The van der Waals surface area contributed by atoms with Crippen molar-refractivity contribution in [3.05, 3.63) is 36.2 Å². The van der Waals surface area contributed by atoms with Gasteiger partial charge in [0.05, 0.1) is 6.54 Å². The van der Waals surface area contributed by atoms with Crippen LogP contribution in [0.1, 0.15) is 25.2 Å². The van der Waals surface area contributed by atoms with Crippen LogP contribution in [-0.4, -0.2) is 32.8 Å². The Morgan fingerprint density at radius 3 is 3.10 bits per heavy atom. The van der Waals surface area contributed by atoms with Gasteiger partial charge in [0, 0.05) is 43.3 Å². The Labute approximate surface area is 125 Å². The van der Waals surface area contributed by atoms with E-state index in [4.69, 9.17) is 0 Å². The molecule has 0 unspecified atom stereocenters. The van der Waals surface area contributed by atoms with Crippen molar-refractivity contribution < 1.29 is 0 Å². The van der Waals surface area contributed by atoms with Gasteiger partial charge in [-0.3, -0.25) is 4.98 Å². The lowest BCUT2D eigenvalue weighted by atomic mass is 10.1. The Morgan fingerprint density at radius 2 is 2.24 bits per heavy atom. The minimum Gasteiger partial charge on any atom is -0.362 e. The predicted molar refractivity (Wildman–Crippen MR) is 81.9 cm³/mol. The number of fused-ring (bicyclic) bond motifs is 1. The normalized spacial score (nSPS) is 14.5. The average molecular weight is 286 g/mol. The fourth-order valence-electron chi connectivity index (χ4n) is 2.63. The third-order valence-electron chi connectivity index (χ3n) is 3.73. The standard InChI is InChI=1S/C15H22N6/c1-12(2)7-17-9-13-8-16-4-3-14(13)20-5-6-21-11-18-19-15(21)10-20/h3-4,8,11-12,17H,5-7,9-10H2,1-2H3. The molecule has 1 aliphatic rings. The molecule has 0 saturated heterocycles. The number of nitrogens with zero attached hydrogens (tertiary/aromatic N) is 5. The third-order valence-corrected chi connectivity index (χ3v) is 3.73. The predicted octanol–water partition coefficient (Wildman–Crippen LogP) is 1.44. The maximum Gasteiger partial charge on any atom is 0.152 e. The highest BCUT2D eigenvalue weighted by Crippen LogP contribution is 2.23. The second-order valence-corrected chi connectivity index (χ2v) is 5.89. The SMILES string of the molecule is CC(C)CNCc1cnccc1N1CCn2cnnc2C1. The van der Waals surface area contributed by atoms with Gasteiger partial charge in [-0.2, -0.15) is 0 Å². The smallest absolute Gasteiger partial charge is 0.152 e. The molecule has 0 atom stereocenters. The molecule has 0 amide bonds. The molecule has 3 rings (SSSR count). The Balaban J connectivity index is 1.73. The van der Waals surface area contributed by atoms with E-state index in [1.165, 1.54) is 11.3 Å². The number of pyridine rings is 1. The van der Waals surface area contributed by atoms with Crippen LogP contribution in [0, 0.1) is 5.92 Å². The number of rotatable bonds is 5. The van der Waals surface area contributed by atoms with Crippen molar-refractivity contribution in [2.45, 2.75) is 33.5 Å². The summed E-state index contributed by atoms with van der Waals surface area (Å²) in [5.41, 5.74) is 2.49. The van der Waals surface area contributed by atoms with Crippen LogP contribution in [0.2, 0.25) is 0 Å². The van der Waals surface area contributed by atoms with Gasteiger partial charge in [0.15, 0.2) is 5.82 Å². The Kier molecular flexibility index (Phi) is 4.15. The zero-order valence-electron chi connectivity index (χ0n) is 12.7. The molecule has 21 heavy (non-hydrogen) atoms. The fraction of sp³-hybridized carbons (Fsp3) is 0.533. The van der Waals surface area contributed by atoms with Crippen molar-refractivity contribution in [2.24, 2.45) is 5.92 Å². The first kappa shape index (κ1) is 14.0. The highest BCUT2D eigenvalue weighted by molar-refractivity contribution is 5.52. The molecule has 0 aliphatic carbocycles. The van der Waals surface area contributed by atoms with E-state index in [1.54, 1.807) is 0 Å². The van der Waals surface area contributed by atoms with Crippen LogP contribution in [0.5, 0.6) is 0 Å². The van der Waals surface area contributed by atoms with Gasteiger partial charge in [-0.25, -0.2) is 0 Å². The first-order chi connectivity index (χ1) is 10.2. The Hall–Kier alpha value is -1.95. The third kappa shape index (κ3) is 3.21. The van der Waals surface area contributed by atoms with Crippen LogP contribution in [-0.2, 0) is 19.6 Å². The van der Waals surface area contributed by atoms with E-state index in [1.807, 2.05) is 18.7 Å². The molecule has 6 heteroatoms. The van der Waals surface area contributed by atoms with Crippen LogP contribution < -0.4 is 10.2 Å². The second-order valence-electron chi connectivity index (χ2n) is 5.89. The van der Waals surface area contributed by atoms with E-state index < -0.39 is 0 Å². The molecule has 0 bridgehead atoms. The molecular formula is C15H22N6. The summed E-state index contributed by atoms with van der Waals surface area (Å²) in [5, 5.41) is 11.7. The quantitative estimate of drug-likeness (QED) is 0.901. The van der Waals surface area contributed by atoms with Crippen LogP contribution in [0.3, 0.4) is 0 Å². The van der Waals surface area contributed by atoms with E-state index in [0.29, 0.717) is 5.92 Å². The molecule has 3 heterocycles. The Bertz CT molecular complexity index is 591. The molecule has 0 radical (unpaired) electrons. The van der Waals surface area contributed by atoms with Crippen LogP contribution in [0.25, 0.3) is 0 Å². The van der Waals surface area contributed by atoms with E-state index in [0.717, 1.165) is 38.5 Å². The van der Waals surface area contributed by atoms with Gasteiger partial charge in [0.1, 0.15) is 6.33 Å². The summed E-state index contributed by atoms with van der Waals surface area (Å²) in [6, 6.07) is 2.10. The first-order valence-corrected chi connectivity index (χ1v) is 7.49. The van der Waals surface area contributed by atoms with Gasteiger partial charge >= 0.3 is 0 Å². The number of hydrogen-bond donors (Lipinski definition) is 1. The molecule has 1 aliphatic heterocycles. The summed E-state index contributed by atoms with van der Waals surface area (Å²) in [6.07, 6.45) is 5.63. The zero-order chi connectivity index (χ0) is 14.7. The van der Waals surface area contributed by atoms with Crippen molar-refractivity contribution >= 4 is 5.69 Å². The second kappa shape index (κ2) is 6.22. The van der Waals surface area contributed by atoms with Gasteiger partial charge in [0.25, 0.3) is 0 Å². The topological polar surface area (TPSA) is 58.9 Å². The molecule has 112 valence electrons. The summed E-state index contributed by atoms with van der Waals surface area (Å²) in [5.74, 6) is 1.68. The number of anilines is 1. The van der Waals surface area contributed by atoms with Gasteiger partial charge in [0.2, 0.25) is 0 Å². The zero-order valence-corrected chi connectivity index (χ0v) is 12.7. The maximum absolute atomic E-state index is 4.27. The summed E-state index contributed by atoms with van der Waals surface area (Å²) in [7, 11) is 0.